The maximum absolute atomic E-state index is 6.52. The summed E-state index contributed by atoms with van der Waals surface area (Å²) in [6.07, 6.45) is 0. The lowest BCUT2D eigenvalue weighted by Crippen LogP contribution is -2.02. The second-order valence-electron chi connectivity index (χ2n) is 34.8. The summed E-state index contributed by atoms with van der Waals surface area (Å²) in [6, 6.07) is 169. The standard InChI is InChI=1S/3C43H27N3O/c1-3-13-28(14-4-1)41-44-42(29-15-5-2-6-16-29)46-43(45-41)31-18-11-17-30(27-31)32-25-26-37-34-20-8-10-24-39(34)47-38-23-9-7-19-33(38)36-22-12-21-35(32)40(36)37;1-3-13-28(14-4-1)30-17-11-18-31(27-30)42-44-41(29-15-5-2-6-16-29)45-43(46-42)37-26-25-36-33-20-8-10-24-39(33)47-38-23-9-7-19-32(38)34-21-12-22-35(37)40(34)36;1-3-12-28(13-4-1)29-22-24-31(25-23-29)42-44-41(30-14-5-2-6-15-30)45-43(46-42)37-27-26-36-33-17-8-10-21-39(33)47-38-20-9-7-16-32(38)34-18-11-19-35(37)40(34)36/h3*1-27H. The highest BCUT2D eigenvalue weighted by Crippen LogP contribution is 2.54. The number of hydrogen-bond donors (Lipinski definition) is 0. The number of hydrogen-bond acceptors (Lipinski definition) is 12. The molecule has 6 heterocycles. The molecule has 3 aliphatic heterocycles. The van der Waals surface area contributed by atoms with Crippen LogP contribution >= 0.6 is 0 Å². The summed E-state index contributed by atoms with van der Waals surface area (Å²) < 4.78 is 19.6. The van der Waals surface area contributed by atoms with E-state index in [1.807, 2.05) is 206 Å². The average Bonchev–Trinajstić information content (AvgIpc) is 0.741. The zero-order valence-corrected chi connectivity index (χ0v) is 76.0. The van der Waals surface area contributed by atoms with Crippen LogP contribution in [0.25, 0.3) is 235 Å². The molecule has 0 radical (unpaired) electrons. The monoisotopic (exact) mass is 1800 g/mol. The van der Waals surface area contributed by atoms with Crippen molar-refractivity contribution >= 4 is 32.3 Å². The average molecular weight is 1810 g/mol. The first kappa shape index (κ1) is 83.6. The second-order valence-corrected chi connectivity index (χ2v) is 34.8. The lowest BCUT2D eigenvalue weighted by Gasteiger charge is -2.22. The largest absolute Gasteiger partial charge is 0.456 e. The fourth-order valence-corrected chi connectivity index (χ4v) is 19.6. The Bertz CT molecular complexity index is 8730. The maximum Gasteiger partial charge on any atom is 0.164 e. The van der Waals surface area contributed by atoms with Crippen molar-refractivity contribution in [3.8, 4) is 237 Å². The van der Waals surface area contributed by atoms with Crippen molar-refractivity contribution in [2.45, 2.75) is 0 Å². The molecule has 0 bridgehead atoms. The van der Waals surface area contributed by atoms with Gasteiger partial charge < -0.3 is 14.2 Å². The first-order valence-electron chi connectivity index (χ1n) is 47.1. The Morgan fingerprint density at radius 1 is 0.106 bits per heavy atom. The van der Waals surface area contributed by atoms with Gasteiger partial charge in [0.25, 0.3) is 0 Å². The Labute approximate surface area is 814 Å². The zero-order chi connectivity index (χ0) is 93.5. The minimum absolute atomic E-state index is 0.627. The van der Waals surface area contributed by atoms with E-state index in [0.717, 1.165) is 201 Å². The van der Waals surface area contributed by atoms with Crippen molar-refractivity contribution in [1.29, 1.82) is 0 Å². The molecule has 141 heavy (non-hydrogen) atoms. The van der Waals surface area contributed by atoms with Crippen LogP contribution in [0.1, 0.15) is 0 Å². The normalized spacial score (nSPS) is 11.6. The number of nitrogens with zero attached hydrogens (tertiary/aromatic N) is 9. The molecule has 0 saturated heterocycles. The molecule has 21 aromatic carbocycles. The lowest BCUT2D eigenvalue weighted by molar-refractivity contribution is 0.486. The first-order chi connectivity index (χ1) is 69.9. The van der Waals surface area contributed by atoms with Crippen LogP contribution < -0.4 is 14.2 Å². The van der Waals surface area contributed by atoms with E-state index < -0.39 is 0 Å². The molecule has 3 aliphatic rings. The van der Waals surface area contributed by atoms with Gasteiger partial charge in [-0.05, 0) is 160 Å². The van der Waals surface area contributed by atoms with Crippen LogP contribution in [0.3, 0.4) is 0 Å². The van der Waals surface area contributed by atoms with E-state index in [1.165, 1.54) is 16.3 Å². The van der Waals surface area contributed by atoms with Gasteiger partial charge in [0.15, 0.2) is 52.4 Å². The number of benzene rings is 21. The maximum atomic E-state index is 6.52. The molecule has 660 valence electrons. The molecule has 3 aromatic heterocycles. The third kappa shape index (κ3) is 16.1. The second kappa shape index (κ2) is 36.6. The molecule has 0 amide bonds. The number of aromatic nitrogens is 9. The summed E-state index contributed by atoms with van der Waals surface area (Å²) in [5, 5.41) is 6.81. The highest BCUT2D eigenvalue weighted by Gasteiger charge is 2.29. The fourth-order valence-electron chi connectivity index (χ4n) is 19.6. The van der Waals surface area contributed by atoms with Crippen molar-refractivity contribution < 1.29 is 14.2 Å². The molecule has 0 N–H and O–H groups in total. The van der Waals surface area contributed by atoms with Gasteiger partial charge in [0.2, 0.25) is 0 Å². The van der Waals surface area contributed by atoms with Crippen LogP contribution in [0.4, 0.5) is 0 Å². The lowest BCUT2D eigenvalue weighted by atomic mass is 9.86. The van der Waals surface area contributed by atoms with E-state index in [2.05, 4.69) is 285 Å². The Kier molecular flexibility index (Phi) is 21.7. The summed E-state index contributed by atoms with van der Waals surface area (Å²) >= 11 is 0. The van der Waals surface area contributed by atoms with Gasteiger partial charge in [-0.1, -0.05) is 431 Å². The van der Waals surface area contributed by atoms with E-state index in [-0.39, 0.29) is 0 Å². The van der Waals surface area contributed by atoms with Gasteiger partial charge in [0.1, 0.15) is 34.5 Å². The first-order valence-corrected chi connectivity index (χ1v) is 47.1. The van der Waals surface area contributed by atoms with E-state index in [4.69, 9.17) is 59.1 Å². The van der Waals surface area contributed by atoms with Crippen molar-refractivity contribution in [1.82, 2.24) is 44.9 Å². The number of fused-ring (bicyclic) bond motifs is 12. The SMILES string of the molecule is c1ccc(-c2ccc(-c3nc(-c4ccccc4)nc(-c4ccc5c6c(cccc46)-c4ccccc4Oc4ccccc4-5)n3)cc2)cc1.c1ccc(-c2cccc(-c3nc(-c4ccccc4)nc(-c4ccc5c6c(cccc46)-c4ccccc4Oc4ccccc4-5)n3)c2)cc1.c1ccc(-c2nc(-c3ccccc3)nc(-c3cccc(-c4ccc5c6c(cccc46)-c4ccccc4Oc4ccccc4-5)c3)n2)cc1. The number of ether oxygens (including phenoxy) is 3. The number of rotatable bonds is 12. The Hall–Kier alpha value is -19.2. The Morgan fingerprint density at radius 2 is 0.291 bits per heavy atom. The Morgan fingerprint density at radius 3 is 0.610 bits per heavy atom. The van der Waals surface area contributed by atoms with E-state index in [1.54, 1.807) is 0 Å². The van der Waals surface area contributed by atoms with Gasteiger partial charge in [-0.25, -0.2) is 44.9 Å². The summed E-state index contributed by atoms with van der Waals surface area (Å²) in [5.74, 6) is 10.7. The number of para-hydroxylation sites is 6. The summed E-state index contributed by atoms with van der Waals surface area (Å²) in [6.45, 7) is 0. The van der Waals surface area contributed by atoms with Crippen LogP contribution in [-0.4, -0.2) is 44.9 Å². The van der Waals surface area contributed by atoms with Crippen molar-refractivity contribution in [2.75, 3.05) is 0 Å². The summed E-state index contributed by atoms with van der Waals surface area (Å²) in [7, 11) is 0. The van der Waals surface area contributed by atoms with Gasteiger partial charge in [-0.3, -0.25) is 0 Å². The van der Waals surface area contributed by atoms with Gasteiger partial charge in [-0.15, -0.1) is 0 Å². The molecular weight excluding hydrogens is 1720 g/mol. The van der Waals surface area contributed by atoms with Crippen LogP contribution in [-0.2, 0) is 0 Å². The third-order valence-corrected chi connectivity index (χ3v) is 26.3. The molecule has 12 nitrogen and oxygen atoms in total. The van der Waals surface area contributed by atoms with Crippen LogP contribution in [0.2, 0.25) is 0 Å². The van der Waals surface area contributed by atoms with Crippen molar-refractivity contribution in [3.63, 3.8) is 0 Å². The Balaban J connectivity index is 0.000000111. The minimum atomic E-state index is 0.627. The van der Waals surface area contributed by atoms with Gasteiger partial charge in [0, 0.05) is 83.5 Å². The quantitative estimate of drug-likeness (QED) is 0.115. The molecule has 24 aromatic rings. The molecular formula is C129H81N9O3. The summed E-state index contributed by atoms with van der Waals surface area (Å²) in [5.41, 5.74) is 28.3. The van der Waals surface area contributed by atoms with Crippen molar-refractivity contribution in [2.24, 2.45) is 0 Å². The molecule has 0 spiro atoms. The third-order valence-electron chi connectivity index (χ3n) is 26.3. The highest BCUT2D eigenvalue weighted by molar-refractivity contribution is 6.16. The van der Waals surface area contributed by atoms with Crippen LogP contribution in [0.5, 0.6) is 34.5 Å². The predicted molar refractivity (Wildman–Crippen MR) is 570 cm³/mol. The molecule has 0 atom stereocenters. The van der Waals surface area contributed by atoms with E-state index in [0.29, 0.717) is 52.4 Å². The smallest absolute Gasteiger partial charge is 0.164 e. The van der Waals surface area contributed by atoms with Crippen molar-refractivity contribution in [3.05, 3.63) is 491 Å². The van der Waals surface area contributed by atoms with Gasteiger partial charge >= 0.3 is 0 Å². The van der Waals surface area contributed by atoms with E-state index in [9.17, 15) is 0 Å². The van der Waals surface area contributed by atoms with E-state index >= 15 is 0 Å². The molecule has 27 rings (SSSR count). The summed E-state index contributed by atoms with van der Waals surface area (Å²) in [4.78, 5) is 45.4. The predicted octanol–water partition coefficient (Wildman–Crippen LogP) is 33.4. The minimum Gasteiger partial charge on any atom is -0.456 e. The highest BCUT2D eigenvalue weighted by atomic mass is 16.5. The van der Waals surface area contributed by atoms with Gasteiger partial charge in [0.05, 0.1) is 0 Å². The van der Waals surface area contributed by atoms with Gasteiger partial charge in [-0.2, -0.15) is 0 Å². The van der Waals surface area contributed by atoms with Crippen LogP contribution in [0.15, 0.2) is 491 Å². The fraction of sp³-hybridized carbons (Fsp3) is 0. The molecule has 0 unspecified atom stereocenters. The van der Waals surface area contributed by atoms with Crippen LogP contribution in [0, 0.1) is 0 Å². The molecule has 0 fully saturated rings. The topological polar surface area (TPSA) is 144 Å². The molecule has 0 saturated carbocycles. The molecule has 12 heteroatoms. The molecule has 0 aliphatic carbocycles. The zero-order valence-electron chi connectivity index (χ0n) is 76.0.